The first-order valence-corrected chi connectivity index (χ1v) is 11.8. The van der Waals surface area contributed by atoms with E-state index in [9.17, 15) is 18.0 Å². The second-order valence-electron chi connectivity index (χ2n) is 8.87. The lowest BCUT2D eigenvalue weighted by Crippen LogP contribution is -2.07. The van der Waals surface area contributed by atoms with Gasteiger partial charge in [0.2, 0.25) is 0 Å². The van der Waals surface area contributed by atoms with Crippen molar-refractivity contribution in [2.45, 2.75) is 19.6 Å². The third-order valence-corrected chi connectivity index (χ3v) is 6.31. The van der Waals surface area contributed by atoms with E-state index in [4.69, 9.17) is 0 Å². The first-order valence-electron chi connectivity index (χ1n) is 11.8. The van der Waals surface area contributed by atoms with E-state index in [0.29, 0.717) is 34.2 Å². The van der Waals surface area contributed by atoms with E-state index >= 15 is 0 Å². The highest BCUT2D eigenvalue weighted by atomic mass is 19.4. The first-order chi connectivity index (χ1) is 17.8. The van der Waals surface area contributed by atoms with Crippen molar-refractivity contribution in [2.75, 3.05) is 5.32 Å². The number of alkyl halides is 3. The van der Waals surface area contributed by atoms with Crippen LogP contribution in [0.4, 0.5) is 18.9 Å². The molecule has 0 saturated heterocycles. The van der Waals surface area contributed by atoms with Crippen molar-refractivity contribution in [2.24, 2.45) is 0 Å². The van der Waals surface area contributed by atoms with Crippen LogP contribution in [0.3, 0.4) is 0 Å². The molecule has 5 aromatic rings. The van der Waals surface area contributed by atoms with Crippen LogP contribution in [0.2, 0.25) is 0 Å². The molecule has 0 bridgehead atoms. The van der Waals surface area contributed by atoms with Gasteiger partial charge in [-0.15, -0.1) is 0 Å². The van der Waals surface area contributed by atoms with Gasteiger partial charge in [0.1, 0.15) is 0 Å². The summed E-state index contributed by atoms with van der Waals surface area (Å²) in [4.78, 5) is 16.1. The molecule has 5 rings (SSSR count). The molecule has 6 heteroatoms. The lowest BCUT2D eigenvalue weighted by molar-refractivity contribution is -0.136. The predicted octanol–water partition coefficient (Wildman–Crippen LogP) is 8.32. The maximum atomic E-state index is 13.9. The number of hydrogen-bond donors (Lipinski definition) is 1. The van der Waals surface area contributed by atoms with Crippen molar-refractivity contribution in [1.29, 1.82) is 0 Å². The summed E-state index contributed by atoms with van der Waals surface area (Å²) in [6.07, 6.45) is -2.37. The number of nitrogens with zero attached hydrogens (tertiary/aromatic N) is 1. The molecule has 1 heterocycles. The maximum absolute atomic E-state index is 13.9. The van der Waals surface area contributed by atoms with Gasteiger partial charge >= 0.3 is 6.18 Å². The second-order valence-corrected chi connectivity index (χ2v) is 8.87. The Balaban J connectivity index is 1.69. The fourth-order valence-corrected chi connectivity index (χ4v) is 4.62. The number of aldehydes is 1. The Morgan fingerprint density at radius 2 is 1.65 bits per heavy atom. The molecule has 1 N–H and O–H groups in total. The smallest absolute Gasteiger partial charge is 0.381 e. The zero-order chi connectivity index (χ0) is 26.0. The van der Waals surface area contributed by atoms with Gasteiger partial charge in [-0.3, -0.25) is 9.78 Å². The van der Waals surface area contributed by atoms with Gasteiger partial charge in [0.05, 0.1) is 11.1 Å². The van der Waals surface area contributed by atoms with Crippen LogP contribution in [-0.2, 0) is 12.7 Å². The molecule has 3 nitrogen and oxygen atoms in total. The molecule has 0 saturated carbocycles. The molecule has 0 amide bonds. The van der Waals surface area contributed by atoms with Gasteiger partial charge in [0.15, 0.2) is 6.29 Å². The zero-order valence-electron chi connectivity index (χ0n) is 20.0. The van der Waals surface area contributed by atoms with Crippen LogP contribution >= 0.6 is 0 Å². The summed E-state index contributed by atoms with van der Waals surface area (Å²) in [7, 11) is 0. The Kier molecular flexibility index (Phi) is 6.49. The predicted molar refractivity (Wildman–Crippen MR) is 142 cm³/mol. The molecule has 184 valence electrons. The summed E-state index contributed by atoms with van der Waals surface area (Å²) in [5, 5.41) is 3.78. The third kappa shape index (κ3) is 4.96. The van der Waals surface area contributed by atoms with Gasteiger partial charge in [0, 0.05) is 40.5 Å². The highest BCUT2D eigenvalue weighted by Crippen LogP contribution is 2.42. The minimum Gasteiger partial charge on any atom is -0.381 e. The molecular weight excluding hydrogens is 473 g/mol. The fraction of sp³-hybridized carbons (Fsp3) is 0.0968. The summed E-state index contributed by atoms with van der Waals surface area (Å²) in [5.74, 6) is 0. The van der Waals surface area contributed by atoms with Crippen LogP contribution in [0, 0.1) is 6.92 Å². The van der Waals surface area contributed by atoms with Gasteiger partial charge in [0.25, 0.3) is 0 Å². The quantitative estimate of drug-likeness (QED) is 0.240. The van der Waals surface area contributed by atoms with Gasteiger partial charge < -0.3 is 5.32 Å². The number of benzene rings is 4. The van der Waals surface area contributed by atoms with E-state index in [2.05, 4.69) is 16.4 Å². The minimum absolute atomic E-state index is 0.129. The molecule has 4 aromatic carbocycles. The third-order valence-electron chi connectivity index (χ3n) is 6.31. The van der Waals surface area contributed by atoms with Crippen molar-refractivity contribution in [1.82, 2.24) is 4.98 Å². The van der Waals surface area contributed by atoms with E-state index in [1.165, 1.54) is 12.3 Å². The largest absolute Gasteiger partial charge is 0.418 e. The number of fused-ring (bicyclic) bond motifs is 1. The van der Waals surface area contributed by atoms with E-state index in [0.717, 1.165) is 34.7 Å². The van der Waals surface area contributed by atoms with Gasteiger partial charge in [-0.2, -0.15) is 13.2 Å². The summed E-state index contributed by atoms with van der Waals surface area (Å²) in [5.41, 5.74) is 5.12. The number of halogens is 3. The maximum Gasteiger partial charge on any atom is 0.418 e. The summed E-state index contributed by atoms with van der Waals surface area (Å²) >= 11 is 0. The number of carbonyl (C=O) groups is 1. The molecule has 0 unspecified atom stereocenters. The molecule has 0 atom stereocenters. The fourth-order valence-electron chi connectivity index (χ4n) is 4.62. The summed E-state index contributed by atoms with van der Waals surface area (Å²) in [6, 6.07) is 26.8. The Hall–Kier alpha value is -4.45. The van der Waals surface area contributed by atoms with Crippen molar-refractivity contribution in [3.05, 3.63) is 119 Å². The number of hydrogen-bond acceptors (Lipinski definition) is 3. The number of aryl methyl sites for hydroxylation is 1. The molecule has 0 aliphatic heterocycles. The van der Waals surface area contributed by atoms with Crippen LogP contribution in [0.25, 0.3) is 33.2 Å². The summed E-state index contributed by atoms with van der Waals surface area (Å²) in [6.45, 7) is 2.63. The highest BCUT2D eigenvalue weighted by molar-refractivity contribution is 6.05. The van der Waals surface area contributed by atoms with E-state index in [1.807, 2.05) is 49.4 Å². The Morgan fingerprint density at radius 3 is 2.43 bits per heavy atom. The number of anilines is 1. The average molecular weight is 497 g/mol. The zero-order valence-corrected chi connectivity index (χ0v) is 20.0. The molecule has 0 fully saturated rings. The minimum atomic E-state index is -4.55. The first kappa shape index (κ1) is 24.3. The van der Waals surface area contributed by atoms with Crippen molar-refractivity contribution in [3.63, 3.8) is 0 Å². The van der Waals surface area contributed by atoms with Gasteiger partial charge in [-0.1, -0.05) is 78.4 Å². The Morgan fingerprint density at radius 1 is 0.865 bits per heavy atom. The van der Waals surface area contributed by atoms with E-state index < -0.39 is 11.7 Å². The monoisotopic (exact) mass is 496 g/mol. The van der Waals surface area contributed by atoms with Gasteiger partial charge in [-0.25, -0.2) is 0 Å². The number of pyridine rings is 1. The van der Waals surface area contributed by atoms with Crippen LogP contribution < -0.4 is 5.32 Å². The molecule has 1 aromatic heterocycles. The van der Waals surface area contributed by atoms with Gasteiger partial charge in [-0.05, 0) is 41.8 Å². The molecular formula is C31H23F3N2O. The standard InChI is InChI=1S/C31H23F3N2O/c1-20-7-4-8-21(15-20)17-35-24-11-5-10-22(16-24)29-26-13-6-14-28(31(32,33)34)30(26)36-18-27(29)25-12-3-2-9-23(25)19-37/h2-16,18-19,35H,17H2,1H3. The van der Waals surface area contributed by atoms with Crippen molar-refractivity contribution < 1.29 is 18.0 Å². The topological polar surface area (TPSA) is 42.0 Å². The number of rotatable bonds is 6. The second kappa shape index (κ2) is 9.90. The average Bonchev–Trinajstić information content (AvgIpc) is 2.90. The lowest BCUT2D eigenvalue weighted by atomic mass is 9.89. The van der Waals surface area contributed by atoms with Crippen molar-refractivity contribution >= 4 is 22.9 Å². The van der Waals surface area contributed by atoms with E-state index in [1.54, 1.807) is 30.3 Å². The molecule has 0 aliphatic rings. The van der Waals surface area contributed by atoms with Crippen LogP contribution in [0.15, 0.2) is 97.2 Å². The summed E-state index contributed by atoms with van der Waals surface area (Å²) < 4.78 is 41.6. The number of aromatic nitrogens is 1. The molecule has 0 radical (unpaired) electrons. The highest BCUT2D eigenvalue weighted by Gasteiger charge is 2.33. The SMILES string of the molecule is Cc1cccc(CNc2cccc(-c3c(-c4ccccc4C=O)cnc4c(C(F)(F)F)cccc34)c2)c1. The normalized spacial score (nSPS) is 11.5. The number of nitrogens with one attached hydrogen (secondary N) is 1. The number of carbonyl (C=O) groups excluding carboxylic acids is 1. The molecule has 37 heavy (non-hydrogen) atoms. The lowest BCUT2D eigenvalue weighted by Gasteiger charge is -2.18. The van der Waals surface area contributed by atoms with Crippen LogP contribution in [0.1, 0.15) is 27.0 Å². The molecule has 0 aliphatic carbocycles. The Bertz CT molecular complexity index is 1610. The van der Waals surface area contributed by atoms with Crippen molar-refractivity contribution in [3.8, 4) is 22.3 Å². The van der Waals surface area contributed by atoms with E-state index in [-0.39, 0.29) is 5.52 Å². The van der Waals surface area contributed by atoms with Crippen LogP contribution in [0.5, 0.6) is 0 Å². The molecule has 0 spiro atoms. The van der Waals surface area contributed by atoms with Crippen LogP contribution in [-0.4, -0.2) is 11.3 Å². The number of para-hydroxylation sites is 1. The Labute approximate surface area is 212 Å².